The topological polar surface area (TPSA) is 81.2 Å². The van der Waals surface area contributed by atoms with Crippen LogP contribution in [0.25, 0.3) is 0 Å². The Balaban J connectivity index is 2.22. The summed E-state index contributed by atoms with van der Waals surface area (Å²) < 4.78 is 1.59. The summed E-state index contributed by atoms with van der Waals surface area (Å²) in [7, 11) is 0. The molecule has 2 amide bonds. The lowest BCUT2D eigenvalue weighted by atomic mass is 10.4. The molecule has 2 heterocycles. The second-order valence-electron chi connectivity index (χ2n) is 3.10. The van der Waals surface area contributed by atoms with Gasteiger partial charge in [-0.1, -0.05) is 0 Å². The Hall–Kier alpha value is -1.95. The monoisotopic (exact) mass is 206 g/mol. The Morgan fingerprint density at radius 1 is 1.27 bits per heavy atom. The van der Waals surface area contributed by atoms with Crippen molar-refractivity contribution in [2.75, 3.05) is 11.4 Å². The lowest BCUT2D eigenvalue weighted by Gasteiger charge is -2.09. The fourth-order valence-electron chi connectivity index (χ4n) is 1.38. The fraction of sp³-hybridized carbons (Fsp3) is 0.222. The molecular formula is C9H10N4O2. The van der Waals surface area contributed by atoms with Crippen molar-refractivity contribution in [1.82, 2.24) is 9.78 Å². The van der Waals surface area contributed by atoms with Crippen LogP contribution in [0.4, 0.5) is 5.69 Å². The molecule has 78 valence electrons. The number of rotatable bonds is 3. The molecule has 0 aliphatic carbocycles. The highest BCUT2D eigenvalue weighted by molar-refractivity contribution is 6.28. The van der Waals surface area contributed by atoms with Crippen molar-refractivity contribution in [3.63, 3.8) is 0 Å². The van der Waals surface area contributed by atoms with Gasteiger partial charge in [-0.3, -0.25) is 14.3 Å². The lowest BCUT2D eigenvalue weighted by molar-refractivity contribution is -0.119. The largest absolute Gasteiger partial charge is 0.329 e. The van der Waals surface area contributed by atoms with E-state index in [-0.39, 0.29) is 11.8 Å². The van der Waals surface area contributed by atoms with E-state index < -0.39 is 0 Å². The molecule has 0 radical (unpaired) electrons. The fourth-order valence-corrected chi connectivity index (χ4v) is 1.38. The molecule has 0 unspecified atom stereocenters. The maximum atomic E-state index is 11.3. The van der Waals surface area contributed by atoms with Gasteiger partial charge >= 0.3 is 0 Å². The predicted octanol–water partition coefficient (Wildman–Crippen LogP) is -0.729. The van der Waals surface area contributed by atoms with E-state index in [2.05, 4.69) is 5.10 Å². The van der Waals surface area contributed by atoms with Crippen LogP contribution in [0.3, 0.4) is 0 Å². The molecule has 0 saturated carbocycles. The van der Waals surface area contributed by atoms with E-state index in [0.29, 0.717) is 18.8 Å². The van der Waals surface area contributed by atoms with E-state index in [1.807, 2.05) is 0 Å². The Labute approximate surface area is 86.0 Å². The van der Waals surface area contributed by atoms with Gasteiger partial charge in [-0.2, -0.15) is 5.10 Å². The van der Waals surface area contributed by atoms with E-state index >= 15 is 0 Å². The van der Waals surface area contributed by atoms with Crippen LogP contribution in [-0.4, -0.2) is 28.1 Å². The first kappa shape index (κ1) is 9.60. The molecule has 0 spiro atoms. The summed E-state index contributed by atoms with van der Waals surface area (Å²) in [5, 5.41) is 3.98. The van der Waals surface area contributed by atoms with Gasteiger partial charge in [-0.25, -0.2) is 4.90 Å². The molecule has 6 heteroatoms. The third kappa shape index (κ3) is 1.66. The second kappa shape index (κ2) is 3.66. The summed E-state index contributed by atoms with van der Waals surface area (Å²) in [6, 6.07) is 0. The van der Waals surface area contributed by atoms with Crippen molar-refractivity contribution < 1.29 is 9.59 Å². The summed E-state index contributed by atoms with van der Waals surface area (Å²) in [6.07, 6.45) is 5.57. The van der Waals surface area contributed by atoms with Crippen LogP contribution in [0.15, 0.2) is 24.5 Å². The number of carbonyl (C=O) groups is 2. The number of imide groups is 1. The molecule has 6 nitrogen and oxygen atoms in total. The first-order valence-electron chi connectivity index (χ1n) is 4.51. The summed E-state index contributed by atoms with van der Waals surface area (Å²) in [6.45, 7) is 1.02. The molecule has 1 aromatic heterocycles. The van der Waals surface area contributed by atoms with Gasteiger partial charge in [-0.05, 0) is 0 Å². The summed E-state index contributed by atoms with van der Waals surface area (Å²) >= 11 is 0. The maximum absolute atomic E-state index is 11.3. The van der Waals surface area contributed by atoms with Gasteiger partial charge in [0.2, 0.25) is 0 Å². The SMILES string of the molecule is NCCn1cc(N2C(=O)C=CC2=O)cn1. The highest BCUT2D eigenvalue weighted by Crippen LogP contribution is 2.17. The zero-order valence-corrected chi connectivity index (χ0v) is 7.96. The Morgan fingerprint density at radius 2 is 1.93 bits per heavy atom. The number of hydrogen-bond donors (Lipinski definition) is 1. The lowest BCUT2D eigenvalue weighted by Crippen LogP contribution is -2.29. The quantitative estimate of drug-likeness (QED) is 0.661. The number of aromatic nitrogens is 2. The van der Waals surface area contributed by atoms with Gasteiger partial charge in [0, 0.05) is 24.9 Å². The number of hydrogen-bond acceptors (Lipinski definition) is 4. The van der Waals surface area contributed by atoms with Crippen LogP contribution in [-0.2, 0) is 16.1 Å². The smallest absolute Gasteiger partial charge is 0.258 e. The van der Waals surface area contributed by atoms with Crippen LogP contribution in [0, 0.1) is 0 Å². The van der Waals surface area contributed by atoms with Crippen molar-refractivity contribution in [1.29, 1.82) is 0 Å². The zero-order valence-electron chi connectivity index (χ0n) is 7.96. The van der Waals surface area contributed by atoms with E-state index in [4.69, 9.17) is 5.73 Å². The van der Waals surface area contributed by atoms with Crippen molar-refractivity contribution in [3.05, 3.63) is 24.5 Å². The van der Waals surface area contributed by atoms with Crippen molar-refractivity contribution in [3.8, 4) is 0 Å². The van der Waals surface area contributed by atoms with E-state index in [0.717, 1.165) is 4.90 Å². The van der Waals surface area contributed by atoms with E-state index in [9.17, 15) is 9.59 Å². The average molecular weight is 206 g/mol. The van der Waals surface area contributed by atoms with Crippen LogP contribution in [0.2, 0.25) is 0 Å². The molecule has 0 fully saturated rings. The number of nitrogens with zero attached hydrogens (tertiary/aromatic N) is 3. The van der Waals surface area contributed by atoms with Crippen LogP contribution in [0.5, 0.6) is 0 Å². The third-order valence-corrected chi connectivity index (χ3v) is 2.05. The molecule has 0 saturated heterocycles. The minimum atomic E-state index is -0.340. The number of amides is 2. The molecule has 1 aliphatic heterocycles. The molecule has 0 bridgehead atoms. The molecule has 2 N–H and O–H groups in total. The summed E-state index contributed by atoms with van der Waals surface area (Å²) in [5.74, 6) is -0.681. The van der Waals surface area contributed by atoms with Crippen LogP contribution in [0.1, 0.15) is 0 Å². The average Bonchev–Trinajstić information content (AvgIpc) is 2.75. The van der Waals surface area contributed by atoms with Gasteiger partial charge in [-0.15, -0.1) is 0 Å². The van der Waals surface area contributed by atoms with Crippen LogP contribution < -0.4 is 10.6 Å². The van der Waals surface area contributed by atoms with Gasteiger partial charge < -0.3 is 5.73 Å². The molecule has 0 aromatic carbocycles. The van der Waals surface area contributed by atoms with Crippen molar-refractivity contribution in [2.45, 2.75) is 6.54 Å². The number of anilines is 1. The zero-order chi connectivity index (χ0) is 10.8. The summed E-state index contributed by atoms with van der Waals surface area (Å²) in [4.78, 5) is 23.7. The Kier molecular flexibility index (Phi) is 2.34. The van der Waals surface area contributed by atoms with Gasteiger partial charge in [0.05, 0.1) is 18.4 Å². The van der Waals surface area contributed by atoms with Crippen molar-refractivity contribution >= 4 is 17.5 Å². The van der Waals surface area contributed by atoms with Crippen molar-refractivity contribution in [2.24, 2.45) is 5.73 Å². The van der Waals surface area contributed by atoms with Gasteiger partial charge in [0.15, 0.2) is 0 Å². The first-order chi connectivity index (χ1) is 7.22. The summed E-state index contributed by atoms with van der Waals surface area (Å²) in [5.41, 5.74) is 5.83. The first-order valence-corrected chi connectivity index (χ1v) is 4.51. The highest BCUT2D eigenvalue weighted by atomic mass is 16.2. The molecule has 2 rings (SSSR count). The van der Waals surface area contributed by atoms with E-state index in [1.54, 1.807) is 10.9 Å². The molecule has 1 aromatic rings. The second-order valence-corrected chi connectivity index (χ2v) is 3.10. The third-order valence-electron chi connectivity index (χ3n) is 2.05. The number of carbonyl (C=O) groups excluding carboxylic acids is 2. The normalized spacial score (nSPS) is 15.4. The molecule has 0 atom stereocenters. The van der Waals surface area contributed by atoms with Crippen LogP contribution >= 0.6 is 0 Å². The highest BCUT2D eigenvalue weighted by Gasteiger charge is 2.25. The molecular weight excluding hydrogens is 196 g/mol. The Morgan fingerprint density at radius 3 is 2.53 bits per heavy atom. The standard InChI is InChI=1S/C9H10N4O2/c10-3-4-12-6-7(5-11-12)13-8(14)1-2-9(13)15/h1-2,5-6H,3-4,10H2. The number of nitrogens with two attached hydrogens (primary N) is 1. The minimum absolute atomic E-state index is 0.340. The maximum Gasteiger partial charge on any atom is 0.258 e. The van der Waals surface area contributed by atoms with Gasteiger partial charge in [0.1, 0.15) is 0 Å². The van der Waals surface area contributed by atoms with Gasteiger partial charge in [0.25, 0.3) is 11.8 Å². The minimum Gasteiger partial charge on any atom is -0.329 e. The van der Waals surface area contributed by atoms with E-state index in [1.165, 1.54) is 18.3 Å². The Bertz CT molecular complexity index is 417. The molecule has 15 heavy (non-hydrogen) atoms. The predicted molar refractivity (Wildman–Crippen MR) is 52.9 cm³/mol. The molecule has 1 aliphatic rings.